The fourth-order valence-electron chi connectivity index (χ4n) is 2.67. The Kier molecular flexibility index (Phi) is 5.17. The zero-order chi connectivity index (χ0) is 20.6. The van der Waals surface area contributed by atoms with Crippen molar-refractivity contribution >= 4 is 39.7 Å². The van der Waals surface area contributed by atoms with Gasteiger partial charge in [-0.15, -0.1) is 15.3 Å². The molecule has 1 N–H and O–H groups in total. The van der Waals surface area contributed by atoms with Crippen LogP contribution in [0.4, 0.5) is 5.69 Å². The lowest BCUT2D eigenvalue weighted by Crippen LogP contribution is -2.30. The van der Waals surface area contributed by atoms with Crippen LogP contribution in [0, 0.1) is 0 Å². The highest BCUT2D eigenvalue weighted by atomic mass is 32.2. The number of carbonyl (C=O) groups is 1. The Morgan fingerprint density at radius 2 is 2.00 bits per heavy atom. The highest BCUT2D eigenvalue weighted by Gasteiger charge is 2.23. The first kappa shape index (κ1) is 19.6. The van der Waals surface area contributed by atoms with E-state index in [0.29, 0.717) is 45.4 Å². The van der Waals surface area contributed by atoms with Crippen molar-refractivity contribution in [1.82, 2.24) is 19.8 Å². The Bertz CT molecular complexity index is 1140. The van der Waals surface area contributed by atoms with Crippen molar-refractivity contribution in [2.75, 3.05) is 24.3 Å². The number of benzene rings is 1. The molecular formula is C18H19N5O4S2. The van der Waals surface area contributed by atoms with Gasteiger partial charge in [0, 0.05) is 17.2 Å². The van der Waals surface area contributed by atoms with E-state index in [0.717, 1.165) is 0 Å². The number of hydrogen-bond donors (Lipinski definition) is 1. The predicted molar refractivity (Wildman–Crippen MR) is 110 cm³/mol. The van der Waals surface area contributed by atoms with E-state index in [1.54, 1.807) is 18.2 Å². The van der Waals surface area contributed by atoms with Crippen molar-refractivity contribution < 1.29 is 14.3 Å². The van der Waals surface area contributed by atoms with Gasteiger partial charge in [-0.3, -0.25) is 9.59 Å². The van der Waals surface area contributed by atoms with Crippen LogP contribution in [0.3, 0.4) is 0 Å². The average Bonchev–Trinajstić information content (AvgIpc) is 3.10. The molecule has 0 saturated heterocycles. The molecule has 0 aliphatic carbocycles. The Balaban J connectivity index is 1.43. The molecule has 29 heavy (non-hydrogen) atoms. The van der Waals surface area contributed by atoms with Crippen molar-refractivity contribution in [3.63, 3.8) is 0 Å². The maximum Gasteiger partial charge on any atom is 0.297 e. The zero-order valence-electron chi connectivity index (χ0n) is 16.1. The van der Waals surface area contributed by atoms with E-state index in [-0.39, 0.29) is 17.2 Å². The standard InChI is InChI=1S/C18H19N5O4S2/c1-18(2,3)14-15(25)23-16(21-20-14)29-17(22-23)28-9-13(24)19-10-4-5-11-12(8-10)27-7-6-26-11/h4-5,8H,6-7,9H2,1-3H3,(H,19,24). The number of amides is 1. The number of fused-ring (bicyclic) bond motifs is 2. The number of rotatable bonds is 4. The second kappa shape index (κ2) is 7.64. The summed E-state index contributed by atoms with van der Waals surface area (Å²) in [6.07, 6.45) is 0. The summed E-state index contributed by atoms with van der Waals surface area (Å²) in [5.74, 6) is 1.22. The van der Waals surface area contributed by atoms with Crippen LogP contribution in [-0.4, -0.2) is 44.7 Å². The highest BCUT2D eigenvalue weighted by Crippen LogP contribution is 2.32. The third-order valence-corrected chi connectivity index (χ3v) is 6.07. The lowest BCUT2D eigenvalue weighted by atomic mass is 9.93. The van der Waals surface area contributed by atoms with Gasteiger partial charge in [0.1, 0.15) is 18.9 Å². The molecule has 3 heterocycles. The minimum atomic E-state index is -0.425. The molecule has 3 aromatic rings. The normalized spacial score (nSPS) is 13.5. The molecule has 9 nitrogen and oxygen atoms in total. The Morgan fingerprint density at radius 3 is 2.76 bits per heavy atom. The zero-order valence-corrected chi connectivity index (χ0v) is 17.7. The highest BCUT2D eigenvalue weighted by molar-refractivity contribution is 8.01. The fourth-order valence-corrected chi connectivity index (χ4v) is 4.34. The summed E-state index contributed by atoms with van der Waals surface area (Å²) >= 11 is 2.46. The molecule has 2 aromatic heterocycles. The van der Waals surface area contributed by atoms with Gasteiger partial charge in [-0.25, -0.2) is 0 Å². The van der Waals surface area contributed by atoms with E-state index >= 15 is 0 Å². The van der Waals surface area contributed by atoms with Crippen LogP contribution in [0.2, 0.25) is 0 Å². The molecule has 1 amide bonds. The lowest BCUT2D eigenvalue weighted by Gasteiger charge is -2.18. The van der Waals surface area contributed by atoms with Crippen molar-refractivity contribution in [2.45, 2.75) is 30.5 Å². The average molecular weight is 434 g/mol. The fraction of sp³-hybridized carbons (Fsp3) is 0.389. The summed E-state index contributed by atoms with van der Waals surface area (Å²) in [7, 11) is 0. The van der Waals surface area contributed by atoms with Crippen molar-refractivity contribution in [3.8, 4) is 11.5 Å². The molecule has 1 aliphatic rings. The molecule has 1 aromatic carbocycles. The number of nitrogens with zero attached hydrogens (tertiary/aromatic N) is 4. The number of nitrogens with one attached hydrogen (secondary N) is 1. The van der Waals surface area contributed by atoms with Gasteiger partial charge in [-0.1, -0.05) is 43.9 Å². The van der Waals surface area contributed by atoms with Crippen LogP contribution in [0.25, 0.3) is 4.96 Å². The number of thioether (sulfide) groups is 1. The monoisotopic (exact) mass is 433 g/mol. The molecule has 0 bridgehead atoms. The number of ether oxygens (including phenoxy) is 2. The van der Waals surface area contributed by atoms with Crippen LogP contribution in [0.15, 0.2) is 27.3 Å². The summed E-state index contributed by atoms with van der Waals surface area (Å²) < 4.78 is 12.8. The smallest absolute Gasteiger partial charge is 0.297 e. The van der Waals surface area contributed by atoms with Crippen LogP contribution in [0.5, 0.6) is 11.5 Å². The van der Waals surface area contributed by atoms with Crippen molar-refractivity contribution in [2.24, 2.45) is 0 Å². The Morgan fingerprint density at radius 1 is 1.24 bits per heavy atom. The molecular weight excluding hydrogens is 414 g/mol. The first-order valence-corrected chi connectivity index (χ1v) is 10.7. The van der Waals surface area contributed by atoms with E-state index in [9.17, 15) is 9.59 Å². The summed E-state index contributed by atoms with van der Waals surface area (Å²) in [5.41, 5.74) is 0.270. The van der Waals surface area contributed by atoms with E-state index in [1.807, 2.05) is 20.8 Å². The molecule has 1 aliphatic heterocycles. The second-order valence-electron chi connectivity index (χ2n) is 7.36. The largest absolute Gasteiger partial charge is 0.486 e. The van der Waals surface area contributed by atoms with Gasteiger partial charge in [0.25, 0.3) is 5.56 Å². The van der Waals surface area contributed by atoms with Gasteiger partial charge in [-0.2, -0.15) is 4.52 Å². The summed E-state index contributed by atoms with van der Waals surface area (Å²) in [5, 5.41) is 15.3. The van der Waals surface area contributed by atoms with E-state index in [2.05, 4.69) is 20.6 Å². The van der Waals surface area contributed by atoms with Crippen molar-refractivity contribution in [3.05, 3.63) is 34.2 Å². The first-order valence-electron chi connectivity index (χ1n) is 8.90. The summed E-state index contributed by atoms with van der Waals surface area (Å²) in [6, 6.07) is 5.26. The maximum atomic E-state index is 12.6. The minimum Gasteiger partial charge on any atom is -0.486 e. The van der Waals surface area contributed by atoms with E-state index < -0.39 is 5.41 Å². The topological polar surface area (TPSA) is 108 Å². The number of anilines is 1. The molecule has 0 saturated carbocycles. The molecule has 0 unspecified atom stereocenters. The minimum absolute atomic E-state index is 0.141. The predicted octanol–water partition coefficient (Wildman–Crippen LogP) is 2.35. The molecule has 0 fully saturated rings. The molecule has 0 atom stereocenters. The number of aromatic nitrogens is 4. The Labute approximate surface area is 174 Å². The van der Waals surface area contributed by atoms with Crippen LogP contribution < -0.4 is 20.3 Å². The van der Waals surface area contributed by atoms with E-state index in [4.69, 9.17) is 9.47 Å². The van der Waals surface area contributed by atoms with Crippen LogP contribution in [0.1, 0.15) is 26.5 Å². The first-order chi connectivity index (χ1) is 13.8. The maximum absolute atomic E-state index is 12.6. The second-order valence-corrected chi connectivity index (χ2v) is 9.54. The van der Waals surface area contributed by atoms with Gasteiger partial charge < -0.3 is 14.8 Å². The lowest BCUT2D eigenvalue weighted by molar-refractivity contribution is -0.113. The molecule has 152 valence electrons. The van der Waals surface area contributed by atoms with Gasteiger partial charge in [0.15, 0.2) is 15.8 Å². The van der Waals surface area contributed by atoms with Gasteiger partial charge in [0.05, 0.1) is 5.75 Å². The number of hydrogen-bond acceptors (Lipinski definition) is 9. The van der Waals surface area contributed by atoms with Crippen LogP contribution >= 0.6 is 23.1 Å². The van der Waals surface area contributed by atoms with Gasteiger partial charge in [-0.05, 0) is 12.1 Å². The van der Waals surface area contributed by atoms with Gasteiger partial charge in [0.2, 0.25) is 10.9 Å². The third-order valence-electron chi connectivity index (χ3n) is 4.04. The Hall–Kier alpha value is -2.66. The molecule has 4 rings (SSSR count). The van der Waals surface area contributed by atoms with E-state index in [1.165, 1.54) is 27.6 Å². The SMILES string of the molecule is CC(C)(C)c1nnc2sc(SCC(=O)Nc3ccc4c(c3)OCCO4)nn2c1=O. The molecule has 11 heteroatoms. The third kappa shape index (κ3) is 4.20. The van der Waals surface area contributed by atoms with Crippen molar-refractivity contribution in [1.29, 1.82) is 0 Å². The molecule has 0 spiro atoms. The van der Waals surface area contributed by atoms with Crippen LogP contribution in [-0.2, 0) is 10.2 Å². The quantitative estimate of drug-likeness (QED) is 0.625. The summed E-state index contributed by atoms with van der Waals surface area (Å²) in [6.45, 7) is 6.69. The molecule has 0 radical (unpaired) electrons. The number of carbonyl (C=O) groups excluding carboxylic acids is 1. The summed E-state index contributed by atoms with van der Waals surface area (Å²) in [4.78, 5) is 25.3. The van der Waals surface area contributed by atoms with Gasteiger partial charge >= 0.3 is 0 Å².